The number of anilines is 1. The Morgan fingerprint density at radius 3 is 2.73 bits per heavy atom. The quantitative estimate of drug-likeness (QED) is 0.753. The van der Waals surface area contributed by atoms with Crippen LogP contribution in [0.15, 0.2) is 54.7 Å². The average molecular weight is 294 g/mol. The monoisotopic (exact) mass is 294 g/mol. The fraction of sp³-hybridized carbons (Fsp3) is 0.167. The van der Waals surface area contributed by atoms with E-state index in [1.165, 1.54) is 0 Å². The Hall–Kier alpha value is -2.75. The molecule has 4 nitrogen and oxygen atoms in total. The van der Waals surface area contributed by atoms with E-state index in [9.17, 15) is 4.79 Å². The van der Waals surface area contributed by atoms with E-state index in [0.29, 0.717) is 12.8 Å². The molecule has 112 valence electrons. The summed E-state index contributed by atoms with van der Waals surface area (Å²) in [6.07, 6.45) is 3.05. The summed E-state index contributed by atoms with van der Waals surface area (Å²) in [6, 6.07) is 15.6. The van der Waals surface area contributed by atoms with Crippen molar-refractivity contribution in [1.82, 2.24) is 4.98 Å². The van der Waals surface area contributed by atoms with Gasteiger partial charge in [-0.05, 0) is 47.7 Å². The van der Waals surface area contributed by atoms with Crippen LogP contribution >= 0.6 is 0 Å². The molecule has 22 heavy (non-hydrogen) atoms. The highest BCUT2D eigenvalue weighted by Gasteiger charge is 2.04. The minimum Gasteiger partial charge on any atom is -0.497 e. The predicted molar refractivity (Wildman–Crippen MR) is 88.2 cm³/mol. The first-order valence-corrected chi connectivity index (χ1v) is 7.24. The van der Waals surface area contributed by atoms with Gasteiger partial charge < -0.3 is 15.0 Å². The molecule has 3 rings (SSSR count). The number of benzene rings is 2. The van der Waals surface area contributed by atoms with Crippen LogP contribution in [0.1, 0.15) is 12.0 Å². The number of rotatable bonds is 5. The summed E-state index contributed by atoms with van der Waals surface area (Å²) in [4.78, 5) is 15.2. The highest BCUT2D eigenvalue weighted by Crippen LogP contribution is 2.18. The average Bonchev–Trinajstić information content (AvgIpc) is 3.01. The van der Waals surface area contributed by atoms with Crippen LogP contribution in [0, 0.1) is 0 Å². The first-order chi connectivity index (χ1) is 10.7. The van der Waals surface area contributed by atoms with Crippen LogP contribution in [0.4, 0.5) is 5.69 Å². The summed E-state index contributed by atoms with van der Waals surface area (Å²) >= 11 is 0. The smallest absolute Gasteiger partial charge is 0.224 e. The number of carbonyl (C=O) groups excluding carboxylic acids is 1. The molecule has 0 bridgehead atoms. The minimum atomic E-state index is 0.0155. The van der Waals surface area contributed by atoms with Gasteiger partial charge in [0.05, 0.1) is 7.11 Å². The van der Waals surface area contributed by atoms with Gasteiger partial charge in [-0.3, -0.25) is 4.79 Å². The molecular weight excluding hydrogens is 276 g/mol. The molecular formula is C18H18N2O2. The number of ether oxygens (including phenoxy) is 1. The van der Waals surface area contributed by atoms with Crippen molar-refractivity contribution >= 4 is 22.5 Å². The maximum atomic E-state index is 12.0. The SMILES string of the molecule is COc1ccc(CCC(=O)Nc2ccc3cc[nH]c3c2)cc1. The summed E-state index contributed by atoms with van der Waals surface area (Å²) in [5, 5.41) is 4.07. The third-order valence-corrected chi connectivity index (χ3v) is 3.64. The summed E-state index contributed by atoms with van der Waals surface area (Å²) < 4.78 is 5.12. The molecule has 3 aromatic rings. The zero-order valence-electron chi connectivity index (χ0n) is 12.4. The second kappa shape index (κ2) is 6.35. The van der Waals surface area contributed by atoms with Crippen LogP contribution in [0.25, 0.3) is 10.9 Å². The third kappa shape index (κ3) is 3.28. The first-order valence-electron chi connectivity index (χ1n) is 7.24. The number of fused-ring (bicyclic) bond motifs is 1. The summed E-state index contributed by atoms with van der Waals surface area (Å²) in [5.74, 6) is 0.842. The Labute approximate surface area is 129 Å². The number of hydrogen-bond donors (Lipinski definition) is 2. The standard InChI is InChI=1S/C18H18N2O2/c1-22-16-7-2-13(3-8-16)4-9-18(21)20-15-6-5-14-10-11-19-17(14)12-15/h2-3,5-8,10-12,19H,4,9H2,1H3,(H,20,21). The summed E-state index contributed by atoms with van der Waals surface area (Å²) in [6.45, 7) is 0. The fourth-order valence-corrected chi connectivity index (χ4v) is 2.40. The lowest BCUT2D eigenvalue weighted by Crippen LogP contribution is -2.12. The van der Waals surface area contributed by atoms with Crippen molar-refractivity contribution in [2.75, 3.05) is 12.4 Å². The molecule has 4 heteroatoms. The van der Waals surface area contributed by atoms with Gasteiger partial charge in [-0.1, -0.05) is 18.2 Å². The van der Waals surface area contributed by atoms with E-state index in [0.717, 1.165) is 27.9 Å². The first kappa shape index (κ1) is 14.2. The van der Waals surface area contributed by atoms with E-state index in [2.05, 4.69) is 10.3 Å². The fourth-order valence-electron chi connectivity index (χ4n) is 2.40. The lowest BCUT2D eigenvalue weighted by Gasteiger charge is -2.06. The number of aryl methyl sites for hydroxylation is 1. The van der Waals surface area contributed by atoms with Gasteiger partial charge in [0, 0.05) is 23.8 Å². The Balaban J connectivity index is 1.57. The number of carbonyl (C=O) groups is 1. The number of methoxy groups -OCH3 is 1. The van der Waals surface area contributed by atoms with Crippen LogP contribution in [-0.2, 0) is 11.2 Å². The molecule has 0 saturated carbocycles. The van der Waals surface area contributed by atoms with E-state index in [1.807, 2.05) is 54.7 Å². The molecule has 0 aliphatic carbocycles. The highest BCUT2D eigenvalue weighted by molar-refractivity contribution is 5.93. The van der Waals surface area contributed by atoms with Crippen molar-refractivity contribution in [2.45, 2.75) is 12.8 Å². The molecule has 0 radical (unpaired) electrons. The molecule has 1 amide bonds. The maximum Gasteiger partial charge on any atom is 0.224 e. The van der Waals surface area contributed by atoms with Gasteiger partial charge >= 0.3 is 0 Å². The normalized spacial score (nSPS) is 10.6. The number of hydrogen-bond acceptors (Lipinski definition) is 2. The Bertz CT molecular complexity index is 775. The maximum absolute atomic E-state index is 12.0. The van der Waals surface area contributed by atoms with E-state index in [4.69, 9.17) is 4.74 Å². The number of aromatic amines is 1. The van der Waals surface area contributed by atoms with E-state index >= 15 is 0 Å². The Morgan fingerprint density at radius 1 is 1.14 bits per heavy atom. The predicted octanol–water partition coefficient (Wildman–Crippen LogP) is 3.75. The van der Waals surface area contributed by atoms with Crippen LogP contribution in [-0.4, -0.2) is 18.0 Å². The van der Waals surface area contributed by atoms with Crippen molar-refractivity contribution in [3.05, 3.63) is 60.3 Å². The van der Waals surface area contributed by atoms with Gasteiger partial charge in [-0.2, -0.15) is 0 Å². The van der Waals surface area contributed by atoms with Gasteiger partial charge in [-0.25, -0.2) is 0 Å². The zero-order chi connectivity index (χ0) is 15.4. The molecule has 2 aromatic carbocycles. The van der Waals surface area contributed by atoms with Gasteiger partial charge in [0.15, 0.2) is 0 Å². The van der Waals surface area contributed by atoms with E-state index in [1.54, 1.807) is 7.11 Å². The lowest BCUT2D eigenvalue weighted by molar-refractivity contribution is -0.116. The molecule has 0 unspecified atom stereocenters. The summed E-state index contributed by atoms with van der Waals surface area (Å²) in [7, 11) is 1.64. The topological polar surface area (TPSA) is 54.1 Å². The second-order valence-corrected chi connectivity index (χ2v) is 5.18. The van der Waals surface area contributed by atoms with Crippen molar-refractivity contribution in [3.8, 4) is 5.75 Å². The van der Waals surface area contributed by atoms with Gasteiger partial charge in [-0.15, -0.1) is 0 Å². The van der Waals surface area contributed by atoms with Gasteiger partial charge in [0.25, 0.3) is 0 Å². The van der Waals surface area contributed by atoms with E-state index < -0.39 is 0 Å². The summed E-state index contributed by atoms with van der Waals surface area (Å²) in [5.41, 5.74) is 2.96. The van der Waals surface area contributed by atoms with Crippen molar-refractivity contribution in [1.29, 1.82) is 0 Å². The van der Waals surface area contributed by atoms with Gasteiger partial charge in [0.2, 0.25) is 5.91 Å². The molecule has 2 N–H and O–H groups in total. The highest BCUT2D eigenvalue weighted by atomic mass is 16.5. The minimum absolute atomic E-state index is 0.0155. The van der Waals surface area contributed by atoms with Crippen molar-refractivity contribution in [3.63, 3.8) is 0 Å². The molecule has 1 aromatic heterocycles. The zero-order valence-corrected chi connectivity index (χ0v) is 12.4. The van der Waals surface area contributed by atoms with Crippen LogP contribution in [0.3, 0.4) is 0 Å². The molecule has 0 atom stereocenters. The molecule has 0 spiro atoms. The number of nitrogens with one attached hydrogen (secondary N) is 2. The van der Waals surface area contributed by atoms with Gasteiger partial charge in [0.1, 0.15) is 5.75 Å². The third-order valence-electron chi connectivity index (χ3n) is 3.64. The number of amides is 1. The van der Waals surface area contributed by atoms with Crippen LogP contribution in [0.2, 0.25) is 0 Å². The molecule has 0 aliphatic rings. The molecule has 0 fully saturated rings. The molecule has 1 heterocycles. The molecule has 0 aliphatic heterocycles. The van der Waals surface area contributed by atoms with Crippen molar-refractivity contribution < 1.29 is 9.53 Å². The van der Waals surface area contributed by atoms with Crippen LogP contribution < -0.4 is 10.1 Å². The largest absolute Gasteiger partial charge is 0.497 e. The van der Waals surface area contributed by atoms with Crippen molar-refractivity contribution in [2.24, 2.45) is 0 Å². The second-order valence-electron chi connectivity index (χ2n) is 5.18. The number of H-pyrrole nitrogens is 1. The number of aromatic nitrogens is 1. The van der Waals surface area contributed by atoms with Crippen LogP contribution in [0.5, 0.6) is 5.75 Å². The lowest BCUT2D eigenvalue weighted by atomic mass is 10.1. The Morgan fingerprint density at radius 2 is 1.95 bits per heavy atom. The van der Waals surface area contributed by atoms with E-state index in [-0.39, 0.29) is 5.91 Å². The Kier molecular flexibility index (Phi) is 4.10. The molecule has 0 saturated heterocycles.